The lowest BCUT2D eigenvalue weighted by atomic mass is 9.91. The molecule has 5 atom stereocenters. The SMILES string of the molecule is Cc1ncsc1-c1ccc([C@H](C)NC(=O)[C@@H]2C[C@@H](O[Si](C)(C)C(C)(C)C)CN2C(=O)[C@@H](c2cc(O[C@@H](C)C=O)no2)C(C)C)cc1. The van der Waals surface area contributed by atoms with Gasteiger partial charge in [0.1, 0.15) is 12.0 Å². The highest BCUT2D eigenvalue weighted by atomic mass is 32.1. The number of hydrogen-bond acceptors (Lipinski definition) is 9. The topological polar surface area (TPSA) is 124 Å². The van der Waals surface area contributed by atoms with Gasteiger partial charge in [-0.1, -0.05) is 58.9 Å². The van der Waals surface area contributed by atoms with Crippen molar-refractivity contribution in [3.8, 4) is 16.3 Å². The molecule has 1 aliphatic heterocycles. The molecule has 46 heavy (non-hydrogen) atoms. The first-order valence-electron chi connectivity index (χ1n) is 15.9. The van der Waals surface area contributed by atoms with Gasteiger partial charge >= 0.3 is 0 Å². The van der Waals surface area contributed by atoms with Crippen molar-refractivity contribution < 1.29 is 28.1 Å². The van der Waals surface area contributed by atoms with E-state index in [0.29, 0.717) is 25.0 Å². The third-order valence-corrected chi connectivity index (χ3v) is 14.6. The van der Waals surface area contributed by atoms with Gasteiger partial charge in [-0.25, -0.2) is 4.98 Å². The largest absolute Gasteiger partial charge is 0.465 e. The van der Waals surface area contributed by atoms with Crippen molar-refractivity contribution in [1.82, 2.24) is 20.4 Å². The van der Waals surface area contributed by atoms with E-state index in [4.69, 9.17) is 13.7 Å². The first-order valence-corrected chi connectivity index (χ1v) is 19.7. The number of aromatic nitrogens is 2. The molecule has 0 saturated carbocycles. The van der Waals surface area contributed by atoms with Crippen LogP contribution < -0.4 is 10.1 Å². The predicted molar refractivity (Wildman–Crippen MR) is 181 cm³/mol. The Morgan fingerprint density at radius 2 is 1.83 bits per heavy atom. The predicted octanol–water partition coefficient (Wildman–Crippen LogP) is 6.68. The number of carbonyl (C=O) groups excluding carboxylic acids is 3. The van der Waals surface area contributed by atoms with Crippen LogP contribution in [0.1, 0.15) is 83.9 Å². The molecule has 10 nitrogen and oxygen atoms in total. The molecule has 1 aliphatic rings. The number of benzene rings is 1. The number of aldehydes is 1. The van der Waals surface area contributed by atoms with Crippen molar-refractivity contribution >= 4 is 37.8 Å². The second-order valence-corrected chi connectivity index (χ2v) is 19.7. The highest BCUT2D eigenvalue weighted by Gasteiger charge is 2.47. The summed E-state index contributed by atoms with van der Waals surface area (Å²) < 4.78 is 17.8. The Balaban J connectivity index is 1.58. The summed E-state index contributed by atoms with van der Waals surface area (Å²) in [6.07, 6.45) is 0.0634. The molecule has 0 aliphatic carbocycles. The third kappa shape index (κ3) is 7.95. The lowest BCUT2D eigenvalue weighted by Crippen LogP contribution is -2.48. The van der Waals surface area contributed by atoms with Gasteiger partial charge in [0.25, 0.3) is 5.88 Å². The molecule has 1 N–H and O–H groups in total. The fraction of sp³-hybridized carbons (Fsp3) is 0.559. The van der Waals surface area contributed by atoms with E-state index < -0.39 is 26.4 Å². The van der Waals surface area contributed by atoms with E-state index in [9.17, 15) is 14.4 Å². The van der Waals surface area contributed by atoms with Gasteiger partial charge < -0.3 is 23.9 Å². The minimum atomic E-state index is -2.19. The van der Waals surface area contributed by atoms with E-state index in [1.165, 1.54) is 0 Å². The molecule has 12 heteroatoms. The molecule has 4 rings (SSSR count). The maximum absolute atomic E-state index is 14.3. The molecule has 2 aromatic heterocycles. The number of amides is 2. The smallest absolute Gasteiger partial charge is 0.255 e. The Kier molecular flexibility index (Phi) is 10.9. The summed E-state index contributed by atoms with van der Waals surface area (Å²) in [5.74, 6) is -0.883. The van der Waals surface area contributed by atoms with Gasteiger partial charge in [-0.15, -0.1) is 11.3 Å². The maximum atomic E-state index is 14.3. The summed E-state index contributed by atoms with van der Waals surface area (Å²) in [6, 6.07) is 8.68. The molecule has 0 bridgehead atoms. The quantitative estimate of drug-likeness (QED) is 0.167. The fourth-order valence-corrected chi connectivity index (χ4v) is 7.64. The average Bonchev–Trinajstić information content (AvgIpc) is 3.72. The summed E-state index contributed by atoms with van der Waals surface area (Å²) in [7, 11) is -2.19. The number of nitrogens with zero attached hydrogens (tertiary/aromatic N) is 3. The van der Waals surface area contributed by atoms with E-state index in [1.807, 2.05) is 57.5 Å². The molecule has 250 valence electrons. The summed E-state index contributed by atoms with van der Waals surface area (Å²) >= 11 is 1.60. The van der Waals surface area contributed by atoms with E-state index in [0.717, 1.165) is 21.7 Å². The monoisotopic (exact) mass is 668 g/mol. The molecule has 3 heterocycles. The van der Waals surface area contributed by atoms with Crippen LogP contribution in [0.5, 0.6) is 5.88 Å². The summed E-state index contributed by atoms with van der Waals surface area (Å²) in [5.41, 5.74) is 4.87. The normalized spacial score (nSPS) is 19.2. The molecule has 0 spiro atoms. The van der Waals surface area contributed by atoms with Gasteiger partial charge in [0.2, 0.25) is 11.8 Å². The molecule has 2 amide bonds. The first-order chi connectivity index (χ1) is 21.5. The highest BCUT2D eigenvalue weighted by Crippen LogP contribution is 2.40. The van der Waals surface area contributed by atoms with Crippen LogP contribution in [-0.2, 0) is 18.8 Å². The Bertz CT molecular complexity index is 1510. The van der Waals surface area contributed by atoms with Crippen LogP contribution in [-0.4, -0.2) is 66.3 Å². The van der Waals surface area contributed by atoms with Gasteiger partial charge in [-0.2, -0.15) is 0 Å². The number of thiazole rings is 1. The van der Waals surface area contributed by atoms with E-state index in [-0.39, 0.29) is 40.8 Å². The van der Waals surface area contributed by atoms with Crippen molar-refractivity contribution in [3.63, 3.8) is 0 Å². The summed E-state index contributed by atoms with van der Waals surface area (Å²) in [4.78, 5) is 46.5. The van der Waals surface area contributed by atoms with Crippen molar-refractivity contribution in [2.45, 2.75) is 110 Å². The molecule has 0 radical (unpaired) electrons. The molecular weight excluding hydrogens is 621 g/mol. The average molecular weight is 669 g/mol. The van der Waals surface area contributed by atoms with Gasteiger partial charge in [-0.3, -0.25) is 14.4 Å². The summed E-state index contributed by atoms with van der Waals surface area (Å²) in [5, 5.41) is 7.07. The van der Waals surface area contributed by atoms with E-state index >= 15 is 0 Å². The van der Waals surface area contributed by atoms with Gasteiger partial charge in [0, 0.05) is 19.0 Å². The number of hydrogen-bond donors (Lipinski definition) is 1. The van der Waals surface area contributed by atoms with Gasteiger partial charge in [-0.05, 0) is 61.1 Å². The van der Waals surface area contributed by atoms with Crippen molar-refractivity contribution in [2.24, 2.45) is 5.92 Å². The number of carbonyl (C=O) groups is 3. The van der Waals surface area contributed by atoms with Crippen LogP contribution in [0.4, 0.5) is 0 Å². The van der Waals surface area contributed by atoms with Crippen molar-refractivity contribution in [3.05, 3.63) is 52.9 Å². The standard InChI is InChI=1S/C34H48N4O6SSi/c1-20(2)30(28-16-29(37-43-28)42-21(3)18-39)33(41)38-17-26(44-46(9,10)34(6,7)8)15-27(38)32(40)36-22(4)24-11-13-25(14-12-24)31-23(5)35-19-45-31/h11-14,16,18-22,26-27,30H,15,17H2,1-10H3,(H,36,40)/t21-,22-,26+,27-,30+/m0/s1. The molecule has 3 aromatic rings. The zero-order valence-electron chi connectivity index (χ0n) is 28.6. The lowest BCUT2D eigenvalue weighted by Gasteiger charge is -2.38. The Labute approximate surface area is 277 Å². The van der Waals surface area contributed by atoms with E-state index in [2.05, 4.69) is 49.3 Å². The summed E-state index contributed by atoms with van der Waals surface area (Å²) in [6.45, 7) is 20.6. The number of ether oxygens (including phenoxy) is 1. The van der Waals surface area contributed by atoms with Crippen LogP contribution in [0.25, 0.3) is 10.4 Å². The zero-order valence-corrected chi connectivity index (χ0v) is 30.4. The zero-order chi connectivity index (χ0) is 34.0. The van der Waals surface area contributed by atoms with Crippen LogP contribution in [0.2, 0.25) is 18.1 Å². The van der Waals surface area contributed by atoms with Crippen LogP contribution in [0.3, 0.4) is 0 Å². The van der Waals surface area contributed by atoms with Crippen LogP contribution >= 0.6 is 11.3 Å². The second kappa shape index (κ2) is 14.2. The minimum Gasteiger partial charge on any atom is -0.465 e. The Morgan fingerprint density at radius 3 is 2.39 bits per heavy atom. The molecule has 1 fully saturated rings. The van der Waals surface area contributed by atoms with Crippen molar-refractivity contribution in [2.75, 3.05) is 6.54 Å². The number of aryl methyl sites for hydroxylation is 1. The second-order valence-electron chi connectivity index (χ2n) is 14.1. The maximum Gasteiger partial charge on any atom is 0.255 e. The Hall–Kier alpha value is -3.35. The molecule has 1 aromatic carbocycles. The lowest BCUT2D eigenvalue weighted by molar-refractivity contribution is -0.141. The van der Waals surface area contributed by atoms with Crippen molar-refractivity contribution in [1.29, 1.82) is 0 Å². The number of nitrogens with one attached hydrogen (secondary N) is 1. The van der Waals surface area contributed by atoms with Gasteiger partial charge in [0.15, 0.2) is 26.5 Å². The number of likely N-dealkylation sites (tertiary alicyclic amines) is 1. The third-order valence-electron chi connectivity index (χ3n) is 9.14. The van der Waals surface area contributed by atoms with Gasteiger partial charge in [0.05, 0.1) is 28.2 Å². The van der Waals surface area contributed by atoms with Crippen LogP contribution in [0.15, 0.2) is 40.4 Å². The molecule has 1 saturated heterocycles. The molecule has 0 unspecified atom stereocenters. The fourth-order valence-electron chi connectivity index (χ4n) is 5.47. The molecular formula is C34H48N4O6SSi. The van der Waals surface area contributed by atoms with Crippen LogP contribution in [0, 0.1) is 12.8 Å². The first kappa shape index (κ1) is 35.5. The minimum absolute atomic E-state index is 0.0318. The van der Waals surface area contributed by atoms with E-state index in [1.54, 1.807) is 29.2 Å². The Morgan fingerprint density at radius 1 is 1.15 bits per heavy atom. The number of rotatable bonds is 12. The highest BCUT2D eigenvalue weighted by molar-refractivity contribution is 7.13.